The van der Waals surface area contributed by atoms with E-state index >= 15 is 0 Å². The van der Waals surface area contributed by atoms with Crippen LogP contribution in [0.2, 0.25) is 0 Å². The van der Waals surface area contributed by atoms with E-state index in [4.69, 9.17) is 22.1 Å². The number of carbonyl (C=O) groups excluding carboxylic acids is 1. The van der Waals surface area contributed by atoms with Crippen molar-refractivity contribution >= 4 is 51.9 Å². The van der Waals surface area contributed by atoms with Gasteiger partial charge in [0, 0.05) is 0 Å². The summed E-state index contributed by atoms with van der Waals surface area (Å²) in [5.74, 6) is -0.734. The number of thioether (sulfide) groups is 1. The number of aliphatic carboxylic acids is 1. The Balaban J connectivity index is 1.78. The molecule has 7 heteroatoms. The zero-order valence-corrected chi connectivity index (χ0v) is 15.5. The van der Waals surface area contributed by atoms with E-state index in [1.54, 1.807) is 30.3 Å². The third-order valence-electron chi connectivity index (χ3n) is 3.59. The van der Waals surface area contributed by atoms with Gasteiger partial charge in [-0.3, -0.25) is 9.69 Å². The van der Waals surface area contributed by atoms with Crippen molar-refractivity contribution in [2.45, 2.75) is 6.92 Å². The van der Waals surface area contributed by atoms with E-state index < -0.39 is 12.6 Å². The van der Waals surface area contributed by atoms with Crippen molar-refractivity contribution in [2.75, 3.05) is 11.5 Å². The van der Waals surface area contributed by atoms with E-state index in [9.17, 15) is 9.59 Å². The summed E-state index contributed by atoms with van der Waals surface area (Å²) in [7, 11) is 0. The maximum Gasteiger partial charge on any atom is 0.341 e. The van der Waals surface area contributed by atoms with Gasteiger partial charge in [-0.1, -0.05) is 48.2 Å². The second-order valence-electron chi connectivity index (χ2n) is 5.61. The first-order chi connectivity index (χ1) is 12.4. The van der Waals surface area contributed by atoms with Gasteiger partial charge in [-0.05, 0) is 48.4 Å². The molecule has 1 saturated heterocycles. The Bertz CT molecular complexity index is 906. The summed E-state index contributed by atoms with van der Waals surface area (Å²) in [5.41, 5.74) is 2.61. The van der Waals surface area contributed by atoms with Crippen LogP contribution >= 0.6 is 24.0 Å². The molecule has 0 aromatic heterocycles. The molecule has 0 unspecified atom stereocenters. The first kappa shape index (κ1) is 18.2. The lowest BCUT2D eigenvalue weighted by Gasteiger charge is -2.14. The molecular weight excluding hydrogens is 370 g/mol. The molecular formula is C19H15NO4S2. The van der Waals surface area contributed by atoms with Crippen LogP contribution in [0.4, 0.5) is 5.69 Å². The number of rotatable bonds is 5. The Labute approximate surface area is 160 Å². The van der Waals surface area contributed by atoms with Crippen molar-refractivity contribution in [1.29, 1.82) is 0 Å². The quantitative estimate of drug-likeness (QED) is 0.623. The average molecular weight is 385 g/mol. The molecule has 1 aliphatic heterocycles. The summed E-state index contributed by atoms with van der Waals surface area (Å²) < 4.78 is 5.59. The van der Waals surface area contributed by atoms with Gasteiger partial charge >= 0.3 is 5.97 Å². The number of ether oxygens (including phenoxy) is 1. The van der Waals surface area contributed by atoms with Gasteiger partial charge in [0.1, 0.15) is 5.75 Å². The van der Waals surface area contributed by atoms with Crippen LogP contribution in [-0.2, 0) is 9.59 Å². The average Bonchev–Trinajstić information content (AvgIpc) is 2.88. The van der Waals surface area contributed by atoms with Crippen molar-refractivity contribution < 1.29 is 19.4 Å². The van der Waals surface area contributed by atoms with Crippen molar-refractivity contribution in [3.63, 3.8) is 0 Å². The number of carboxylic acids is 1. The van der Waals surface area contributed by atoms with Crippen LogP contribution in [0.15, 0.2) is 53.4 Å². The van der Waals surface area contributed by atoms with Gasteiger partial charge < -0.3 is 9.84 Å². The zero-order chi connectivity index (χ0) is 18.7. The molecule has 0 radical (unpaired) electrons. The van der Waals surface area contributed by atoms with Gasteiger partial charge in [0.15, 0.2) is 10.9 Å². The minimum atomic E-state index is -1.03. The summed E-state index contributed by atoms with van der Waals surface area (Å²) in [6.07, 6.45) is 1.76. The van der Waals surface area contributed by atoms with Gasteiger partial charge in [0.2, 0.25) is 0 Å². The van der Waals surface area contributed by atoms with Crippen LogP contribution in [0.25, 0.3) is 6.08 Å². The fourth-order valence-electron chi connectivity index (χ4n) is 2.41. The minimum Gasteiger partial charge on any atom is -0.482 e. The van der Waals surface area contributed by atoms with Gasteiger partial charge in [-0.2, -0.15) is 0 Å². The number of anilines is 1. The normalized spacial score (nSPS) is 15.6. The van der Waals surface area contributed by atoms with Gasteiger partial charge in [-0.25, -0.2) is 4.79 Å². The molecule has 132 valence electrons. The molecule has 0 saturated carbocycles. The summed E-state index contributed by atoms with van der Waals surface area (Å²) in [5, 5.41) is 8.62. The molecule has 1 N–H and O–H groups in total. The Morgan fingerprint density at radius 1 is 1.27 bits per heavy atom. The molecule has 5 nitrogen and oxygen atoms in total. The van der Waals surface area contributed by atoms with Gasteiger partial charge in [-0.15, -0.1) is 0 Å². The number of thiocarbonyl (C=S) groups is 1. The predicted molar refractivity (Wildman–Crippen MR) is 106 cm³/mol. The molecule has 3 rings (SSSR count). The lowest BCUT2D eigenvalue weighted by atomic mass is 10.2. The molecule has 1 fully saturated rings. The van der Waals surface area contributed by atoms with Crippen molar-refractivity contribution in [1.82, 2.24) is 0 Å². The number of carboxylic acid groups (broad SMARTS) is 1. The lowest BCUT2D eigenvalue weighted by Crippen LogP contribution is -2.27. The van der Waals surface area contributed by atoms with Crippen LogP contribution in [0.5, 0.6) is 5.75 Å². The minimum absolute atomic E-state index is 0.156. The fraction of sp³-hybridized carbons (Fsp3) is 0.105. The number of carbonyl (C=O) groups is 2. The van der Waals surface area contributed by atoms with E-state index in [1.165, 1.54) is 16.7 Å². The van der Waals surface area contributed by atoms with Crippen molar-refractivity contribution in [3.05, 3.63) is 64.6 Å². The summed E-state index contributed by atoms with van der Waals surface area (Å²) in [4.78, 5) is 25.3. The number of hydrogen-bond acceptors (Lipinski definition) is 5. The predicted octanol–water partition coefficient (Wildman–Crippen LogP) is 3.86. The maximum atomic E-state index is 12.7. The number of amides is 1. The summed E-state index contributed by atoms with van der Waals surface area (Å²) in [6, 6.07) is 14.5. The van der Waals surface area contributed by atoms with E-state index in [2.05, 4.69) is 0 Å². The second-order valence-corrected chi connectivity index (χ2v) is 7.28. The van der Waals surface area contributed by atoms with Crippen molar-refractivity contribution in [3.8, 4) is 5.75 Å². The number of aryl methyl sites for hydroxylation is 1. The van der Waals surface area contributed by atoms with E-state index in [0.717, 1.165) is 16.8 Å². The molecule has 0 atom stereocenters. The monoisotopic (exact) mass is 385 g/mol. The van der Waals surface area contributed by atoms with Crippen LogP contribution in [-0.4, -0.2) is 27.9 Å². The highest BCUT2D eigenvalue weighted by Crippen LogP contribution is 2.36. The lowest BCUT2D eigenvalue weighted by molar-refractivity contribution is -0.139. The van der Waals surface area contributed by atoms with Crippen LogP contribution < -0.4 is 9.64 Å². The maximum absolute atomic E-state index is 12.7. The molecule has 0 spiro atoms. The Hall–Kier alpha value is -2.64. The number of hydrogen-bond donors (Lipinski definition) is 1. The third-order valence-corrected chi connectivity index (χ3v) is 4.90. The molecule has 2 aromatic carbocycles. The van der Waals surface area contributed by atoms with E-state index in [-0.39, 0.29) is 5.91 Å². The molecule has 1 amide bonds. The van der Waals surface area contributed by atoms with E-state index in [0.29, 0.717) is 15.0 Å². The topological polar surface area (TPSA) is 66.8 Å². The Kier molecular flexibility index (Phi) is 5.39. The molecule has 26 heavy (non-hydrogen) atoms. The first-order valence-corrected chi connectivity index (χ1v) is 8.96. The summed E-state index contributed by atoms with van der Waals surface area (Å²) >= 11 is 6.62. The zero-order valence-electron chi connectivity index (χ0n) is 13.8. The molecule has 2 aromatic rings. The van der Waals surface area contributed by atoms with Crippen LogP contribution in [0.3, 0.4) is 0 Å². The Morgan fingerprint density at radius 3 is 2.65 bits per heavy atom. The standard InChI is InChI=1S/C19H15NO4S2/c1-12-3-2-4-14(9-12)20-18(23)16(26-19(20)25)10-13-5-7-15(8-6-13)24-11-17(21)22/h2-10H,11H2,1H3,(H,21,22)/b16-10+. The van der Waals surface area contributed by atoms with Crippen LogP contribution in [0.1, 0.15) is 11.1 Å². The highest BCUT2D eigenvalue weighted by atomic mass is 32.2. The summed E-state index contributed by atoms with van der Waals surface area (Å²) in [6.45, 7) is 1.57. The fourth-order valence-corrected chi connectivity index (χ4v) is 3.71. The first-order valence-electron chi connectivity index (χ1n) is 7.73. The molecule has 1 aliphatic rings. The number of nitrogens with zero attached hydrogens (tertiary/aromatic N) is 1. The molecule has 0 bridgehead atoms. The van der Waals surface area contributed by atoms with E-state index in [1.807, 2.05) is 31.2 Å². The van der Waals surface area contributed by atoms with Crippen molar-refractivity contribution in [2.24, 2.45) is 0 Å². The number of benzene rings is 2. The second kappa shape index (κ2) is 7.72. The highest BCUT2D eigenvalue weighted by Gasteiger charge is 2.33. The Morgan fingerprint density at radius 2 is 2.00 bits per heavy atom. The van der Waals surface area contributed by atoms with Gasteiger partial charge in [0.05, 0.1) is 10.6 Å². The highest BCUT2D eigenvalue weighted by molar-refractivity contribution is 8.27. The molecule has 1 heterocycles. The third kappa shape index (κ3) is 4.12. The van der Waals surface area contributed by atoms with Gasteiger partial charge in [0.25, 0.3) is 5.91 Å². The SMILES string of the molecule is Cc1cccc(N2C(=O)/C(=C\c3ccc(OCC(=O)O)cc3)SC2=S)c1. The molecule has 0 aliphatic carbocycles. The largest absolute Gasteiger partial charge is 0.482 e. The smallest absolute Gasteiger partial charge is 0.341 e. The van der Waals surface area contributed by atoms with Crippen LogP contribution in [0, 0.1) is 6.92 Å².